The highest BCUT2D eigenvalue weighted by Gasteiger charge is 2.14. The molecular weight excluding hydrogens is 324 g/mol. The van der Waals surface area contributed by atoms with Gasteiger partial charge in [0, 0.05) is 5.56 Å². The number of carbonyl (C=O) groups is 1. The van der Waals surface area contributed by atoms with Gasteiger partial charge in [-0.2, -0.15) is 0 Å². The number of rotatable bonds is 3. The average molecular weight is 332 g/mol. The van der Waals surface area contributed by atoms with Gasteiger partial charge in [-0.3, -0.25) is 4.79 Å². The van der Waals surface area contributed by atoms with Crippen LogP contribution in [0.5, 0.6) is 5.75 Å². The van der Waals surface area contributed by atoms with E-state index in [1.165, 1.54) is 11.3 Å². The SMILES string of the molecule is COc1ccc(C(=O)c2cc(Cl)c(Br)s2)cc1. The van der Waals surface area contributed by atoms with Crippen molar-refractivity contribution in [3.63, 3.8) is 0 Å². The summed E-state index contributed by atoms with van der Waals surface area (Å²) in [6.45, 7) is 0. The molecule has 0 bridgehead atoms. The first-order valence-electron chi connectivity index (χ1n) is 4.75. The Hall–Kier alpha value is -0.840. The molecule has 0 spiro atoms. The molecule has 0 atom stereocenters. The fourth-order valence-corrected chi connectivity index (χ4v) is 3.01. The zero-order valence-corrected chi connectivity index (χ0v) is 12.0. The van der Waals surface area contributed by atoms with Crippen molar-refractivity contribution in [1.29, 1.82) is 0 Å². The number of hydrogen-bond donors (Lipinski definition) is 0. The van der Waals surface area contributed by atoms with E-state index in [0.717, 1.165) is 9.54 Å². The lowest BCUT2D eigenvalue weighted by Crippen LogP contribution is -1.98. The van der Waals surface area contributed by atoms with E-state index in [2.05, 4.69) is 15.9 Å². The maximum Gasteiger partial charge on any atom is 0.203 e. The van der Waals surface area contributed by atoms with Gasteiger partial charge in [0.25, 0.3) is 0 Å². The van der Waals surface area contributed by atoms with Gasteiger partial charge in [0.1, 0.15) is 5.75 Å². The smallest absolute Gasteiger partial charge is 0.203 e. The molecule has 1 heterocycles. The third-order valence-corrected chi connectivity index (χ3v) is 4.69. The van der Waals surface area contributed by atoms with E-state index in [0.29, 0.717) is 15.5 Å². The fraction of sp³-hybridized carbons (Fsp3) is 0.0833. The molecule has 2 nitrogen and oxygen atoms in total. The first-order valence-corrected chi connectivity index (χ1v) is 6.74. The summed E-state index contributed by atoms with van der Waals surface area (Å²) in [6.07, 6.45) is 0. The van der Waals surface area contributed by atoms with Crippen molar-refractivity contribution in [3.05, 3.63) is 49.6 Å². The van der Waals surface area contributed by atoms with Crippen molar-refractivity contribution in [2.75, 3.05) is 7.11 Å². The first-order chi connectivity index (χ1) is 8.11. The lowest BCUT2D eigenvalue weighted by Gasteiger charge is -2.01. The van der Waals surface area contributed by atoms with E-state index in [-0.39, 0.29) is 5.78 Å². The van der Waals surface area contributed by atoms with E-state index in [4.69, 9.17) is 16.3 Å². The number of methoxy groups -OCH3 is 1. The van der Waals surface area contributed by atoms with Crippen LogP contribution in [0.3, 0.4) is 0 Å². The number of benzene rings is 1. The van der Waals surface area contributed by atoms with Crippen LogP contribution in [-0.2, 0) is 0 Å². The van der Waals surface area contributed by atoms with E-state index < -0.39 is 0 Å². The molecule has 0 radical (unpaired) electrons. The summed E-state index contributed by atoms with van der Waals surface area (Å²) >= 11 is 10.5. The van der Waals surface area contributed by atoms with Crippen molar-refractivity contribution in [2.45, 2.75) is 0 Å². The van der Waals surface area contributed by atoms with Gasteiger partial charge in [0.15, 0.2) is 0 Å². The zero-order valence-electron chi connectivity index (χ0n) is 8.87. The van der Waals surface area contributed by atoms with Gasteiger partial charge in [0.2, 0.25) is 5.78 Å². The van der Waals surface area contributed by atoms with E-state index in [1.54, 1.807) is 37.4 Å². The maximum atomic E-state index is 12.1. The normalized spacial score (nSPS) is 10.3. The van der Waals surface area contributed by atoms with Crippen molar-refractivity contribution >= 4 is 44.7 Å². The average Bonchev–Trinajstić information content (AvgIpc) is 2.69. The molecule has 5 heteroatoms. The molecule has 0 saturated heterocycles. The monoisotopic (exact) mass is 330 g/mol. The van der Waals surface area contributed by atoms with Crippen LogP contribution in [0.4, 0.5) is 0 Å². The predicted octanol–water partition coefficient (Wildman–Crippen LogP) is 4.40. The van der Waals surface area contributed by atoms with Crippen LogP contribution in [-0.4, -0.2) is 12.9 Å². The molecule has 0 aliphatic heterocycles. The highest BCUT2D eigenvalue weighted by Crippen LogP contribution is 2.33. The summed E-state index contributed by atoms with van der Waals surface area (Å²) in [4.78, 5) is 12.7. The van der Waals surface area contributed by atoms with Gasteiger partial charge >= 0.3 is 0 Å². The van der Waals surface area contributed by atoms with Crippen LogP contribution in [0, 0.1) is 0 Å². The Bertz CT molecular complexity index is 529. The van der Waals surface area contributed by atoms with Crippen LogP contribution >= 0.6 is 38.9 Å². The molecule has 0 N–H and O–H groups in total. The Kier molecular flexibility index (Phi) is 3.86. The molecule has 0 amide bonds. The predicted molar refractivity (Wildman–Crippen MR) is 73.5 cm³/mol. The Balaban J connectivity index is 2.30. The minimum absolute atomic E-state index is 0.0368. The van der Waals surface area contributed by atoms with Crippen molar-refractivity contribution in [2.24, 2.45) is 0 Å². The van der Waals surface area contributed by atoms with Crippen molar-refractivity contribution in [3.8, 4) is 5.75 Å². The fourth-order valence-electron chi connectivity index (χ4n) is 1.34. The largest absolute Gasteiger partial charge is 0.497 e. The highest BCUT2D eigenvalue weighted by atomic mass is 79.9. The van der Waals surface area contributed by atoms with Crippen molar-refractivity contribution < 1.29 is 9.53 Å². The number of carbonyl (C=O) groups excluding carboxylic acids is 1. The molecule has 0 unspecified atom stereocenters. The second-order valence-corrected chi connectivity index (χ2v) is 6.07. The van der Waals surface area contributed by atoms with Crippen LogP contribution in [0.1, 0.15) is 15.2 Å². The summed E-state index contributed by atoms with van der Waals surface area (Å²) in [7, 11) is 1.59. The second kappa shape index (κ2) is 5.21. The molecule has 0 saturated carbocycles. The van der Waals surface area contributed by atoms with Gasteiger partial charge in [-0.05, 0) is 46.3 Å². The lowest BCUT2D eigenvalue weighted by atomic mass is 10.1. The van der Waals surface area contributed by atoms with Crippen LogP contribution in [0.25, 0.3) is 0 Å². The van der Waals surface area contributed by atoms with Gasteiger partial charge < -0.3 is 4.74 Å². The molecular formula is C12H8BrClO2S. The Morgan fingerprint density at radius 2 is 2.00 bits per heavy atom. The van der Waals surface area contributed by atoms with Crippen molar-refractivity contribution in [1.82, 2.24) is 0 Å². The van der Waals surface area contributed by atoms with Gasteiger partial charge in [-0.25, -0.2) is 0 Å². The number of halogens is 2. The zero-order chi connectivity index (χ0) is 12.4. The molecule has 0 aliphatic rings. The molecule has 0 fully saturated rings. The third kappa shape index (κ3) is 2.70. The van der Waals surface area contributed by atoms with E-state index >= 15 is 0 Å². The lowest BCUT2D eigenvalue weighted by molar-refractivity contribution is 0.104. The minimum atomic E-state index is -0.0368. The number of ether oxygens (including phenoxy) is 1. The van der Waals surface area contributed by atoms with Gasteiger partial charge in [-0.15, -0.1) is 11.3 Å². The topological polar surface area (TPSA) is 26.3 Å². The van der Waals surface area contributed by atoms with Gasteiger partial charge in [-0.1, -0.05) is 11.6 Å². The Morgan fingerprint density at radius 1 is 1.35 bits per heavy atom. The molecule has 2 rings (SSSR count). The maximum absolute atomic E-state index is 12.1. The van der Waals surface area contributed by atoms with Gasteiger partial charge in [0.05, 0.1) is 20.8 Å². The highest BCUT2D eigenvalue weighted by molar-refractivity contribution is 9.11. The number of thiophene rings is 1. The number of ketones is 1. The second-order valence-electron chi connectivity index (χ2n) is 3.29. The molecule has 1 aromatic carbocycles. The summed E-state index contributed by atoms with van der Waals surface area (Å²) in [5, 5.41) is 0.562. The molecule has 2 aromatic rings. The minimum Gasteiger partial charge on any atom is -0.497 e. The third-order valence-electron chi connectivity index (χ3n) is 2.22. The van der Waals surface area contributed by atoms with E-state index in [9.17, 15) is 4.79 Å². The van der Waals surface area contributed by atoms with E-state index in [1.807, 2.05) is 0 Å². The quantitative estimate of drug-likeness (QED) is 0.779. The Morgan fingerprint density at radius 3 is 2.47 bits per heavy atom. The molecule has 17 heavy (non-hydrogen) atoms. The Labute approximate surface area is 116 Å². The number of hydrogen-bond acceptors (Lipinski definition) is 3. The summed E-state index contributed by atoms with van der Waals surface area (Å²) < 4.78 is 5.81. The standard InChI is InChI=1S/C12H8BrClO2S/c1-16-8-4-2-7(3-5-8)11(15)10-6-9(14)12(13)17-10/h2-6H,1H3. The summed E-state index contributed by atoms with van der Waals surface area (Å²) in [5.74, 6) is 0.692. The first kappa shape index (κ1) is 12.6. The summed E-state index contributed by atoms with van der Waals surface area (Å²) in [6, 6.07) is 8.67. The molecule has 1 aromatic heterocycles. The summed E-state index contributed by atoms with van der Waals surface area (Å²) in [5.41, 5.74) is 0.621. The molecule has 0 aliphatic carbocycles. The van der Waals surface area contributed by atoms with Crippen LogP contribution < -0.4 is 4.74 Å². The van der Waals surface area contributed by atoms with Crippen LogP contribution in [0.2, 0.25) is 5.02 Å². The molecule has 88 valence electrons. The van der Waals surface area contributed by atoms with Crippen LogP contribution in [0.15, 0.2) is 34.1 Å².